The number of ether oxygens (including phenoxy) is 3. The van der Waals surface area contributed by atoms with Crippen molar-refractivity contribution in [1.82, 2.24) is 4.90 Å². The average Bonchev–Trinajstić information content (AvgIpc) is 2.67. The number of amides is 1. The molecule has 26 heavy (non-hydrogen) atoms. The molecule has 2 aromatic carbocycles. The van der Waals surface area contributed by atoms with Crippen LogP contribution in [-0.4, -0.2) is 43.7 Å². The minimum absolute atomic E-state index is 0.0123. The molecule has 136 valence electrons. The maximum absolute atomic E-state index is 13.1. The fourth-order valence-corrected chi connectivity index (χ4v) is 3.43. The van der Waals surface area contributed by atoms with Gasteiger partial charge in [-0.25, -0.2) is 0 Å². The summed E-state index contributed by atoms with van der Waals surface area (Å²) in [5.74, 6) is 1.32. The van der Waals surface area contributed by atoms with Gasteiger partial charge >= 0.3 is 0 Å². The molecule has 1 fully saturated rings. The average molecular weight is 374 g/mol. The van der Waals surface area contributed by atoms with E-state index >= 15 is 0 Å². The van der Waals surface area contributed by atoms with Gasteiger partial charge in [-0.1, -0.05) is 23.7 Å². The van der Waals surface area contributed by atoms with Crippen LogP contribution in [0, 0.1) is 6.92 Å². The number of carbonyl (C=O) groups excluding carboxylic acids is 1. The summed E-state index contributed by atoms with van der Waals surface area (Å²) in [6.45, 7) is 4.53. The Morgan fingerprint density at radius 2 is 1.77 bits per heavy atom. The van der Waals surface area contributed by atoms with E-state index in [4.69, 9.17) is 25.8 Å². The van der Waals surface area contributed by atoms with Crippen molar-refractivity contribution in [3.63, 3.8) is 0 Å². The predicted molar refractivity (Wildman–Crippen MR) is 98.2 cm³/mol. The molecule has 0 aliphatic carbocycles. The van der Waals surface area contributed by atoms with Crippen molar-refractivity contribution >= 4 is 17.5 Å². The van der Waals surface area contributed by atoms with Crippen LogP contribution in [0.25, 0.3) is 0 Å². The molecular formula is C20H20ClNO4. The molecule has 6 heteroatoms. The van der Waals surface area contributed by atoms with Crippen LogP contribution in [0.2, 0.25) is 5.02 Å². The molecule has 2 aromatic rings. The second kappa shape index (κ2) is 7.17. The van der Waals surface area contributed by atoms with E-state index in [-0.39, 0.29) is 12.0 Å². The van der Waals surface area contributed by atoms with Gasteiger partial charge in [0.25, 0.3) is 5.91 Å². The van der Waals surface area contributed by atoms with Crippen LogP contribution in [0.5, 0.6) is 11.5 Å². The highest BCUT2D eigenvalue weighted by Crippen LogP contribution is 2.34. The Morgan fingerprint density at radius 1 is 1.08 bits per heavy atom. The third-order valence-electron chi connectivity index (χ3n) is 4.72. The third kappa shape index (κ3) is 3.37. The summed E-state index contributed by atoms with van der Waals surface area (Å²) in [4.78, 5) is 14.9. The quantitative estimate of drug-likeness (QED) is 0.806. The van der Waals surface area contributed by atoms with Crippen molar-refractivity contribution in [2.24, 2.45) is 0 Å². The van der Waals surface area contributed by atoms with Gasteiger partial charge in [-0.05, 0) is 42.3 Å². The lowest BCUT2D eigenvalue weighted by Gasteiger charge is -2.33. The van der Waals surface area contributed by atoms with Crippen molar-refractivity contribution in [2.45, 2.75) is 13.0 Å². The summed E-state index contributed by atoms with van der Waals surface area (Å²) in [5.41, 5.74) is 2.55. The van der Waals surface area contributed by atoms with Gasteiger partial charge in [0.05, 0.1) is 13.2 Å². The number of nitrogens with zero attached hydrogens (tertiary/aromatic N) is 1. The molecule has 0 unspecified atom stereocenters. The van der Waals surface area contributed by atoms with Crippen LogP contribution >= 0.6 is 11.6 Å². The third-order valence-corrected chi connectivity index (χ3v) is 4.97. The zero-order chi connectivity index (χ0) is 18.1. The molecule has 4 rings (SSSR count). The summed E-state index contributed by atoms with van der Waals surface area (Å²) in [6, 6.07) is 11.2. The second-order valence-corrected chi connectivity index (χ2v) is 6.91. The molecule has 0 saturated carbocycles. The Hall–Kier alpha value is -2.24. The van der Waals surface area contributed by atoms with Crippen LogP contribution in [0.4, 0.5) is 0 Å². The molecular weight excluding hydrogens is 354 g/mol. The molecule has 2 heterocycles. The molecule has 1 amide bonds. The van der Waals surface area contributed by atoms with Crippen LogP contribution in [0.3, 0.4) is 0 Å². The normalized spacial score (nSPS) is 19.3. The summed E-state index contributed by atoms with van der Waals surface area (Å²) in [7, 11) is 0. The largest absolute Gasteiger partial charge is 0.486 e. The summed E-state index contributed by atoms with van der Waals surface area (Å²) >= 11 is 5.96. The topological polar surface area (TPSA) is 48.0 Å². The van der Waals surface area contributed by atoms with Crippen molar-refractivity contribution in [3.05, 3.63) is 58.1 Å². The Bertz CT molecular complexity index is 821. The summed E-state index contributed by atoms with van der Waals surface area (Å²) in [6.07, 6.45) is -0.150. The molecule has 0 N–H and O–H groups in total. The number of fused-ring (bicyclic) bond motifs is 1. The Labute approximate surface area is 157 Å². The number of aryl methyl sites for hydroxylation is 1. The zero-order valence-electron chi connectivity index (χ0n) is 14.5. The number of benzene rings is 2. The Kier molecular flexibility index (Phi) is 4.74. The number of hydrogen-bond donors (Lipinski definition) is 0. The SMILES string of the molecule is Cc1cc2c(cc1C(=O)N1CCO[C@@H](c3ccc(Cl)cc3)C1)OCCO2. The first kappa shape index (κ1) is 17.2. The van der Waals surface area contributed by atoms with Gasteiger partial charge in [-0.15, -0.1) is 0 Å². The van der Waals surface area contributed by atoms with Gasteiger partial charge in [-0.3, -0.25) is 4.79 Å². The summed E-state index contributed by atoms with van der Waals surface area (Å²) < 4.78 is 17.1. The molecule has 2 aliphatic heterocycles. The molecule has 0 radical (unpaired) electrons. The first-order valence-corrected chi connectivity index (χ1v) is 9.06. The minimum atomic E-state index is -0.150. The molecule has 0 bridgehead atoms. The van der Waals surface area contributed by atoms with E-state index in [0.29, 0.717) is 55.0 Å². The van der Waals surface area contributed by atoms with Gasteiger partial charge in [0.1, 0.15) is 19.3 Å². The first-order chi connectivity index (χ1) is 12.6. The predicted octanol–water partition coefficient (Wildman–Crippen LogP) is 3.63. The number of hydrogen-bond acceptors (Lipinski definition) is 4. The lowest BCUT2D eigenvalue weighted by molar-refractivity contribution is -0.0228. The Morgan fingerprint density at radius 3 is 2.50 bits per heavy atom. The van der Waals surface area contributed by atoms with E-state index in [1.54, 1.807) is 6.07 Å². The molecule has 5 nitrogen and oxygen atoms in total. The van der Waals surface area contributed by atoms with Crippen LogP contribution in [0.15, 0.2) is 36.4 Å². The van der Waals surface area contributed by atoms with E-state index in [1.807, 2.05) is 42.2 Å². The molecule has 0 spiro atoms. The van der Waals surface area contributed by atoms with Gasteiger partial charge in [0, 0.05) is 17.1 Å². The number of halogens is 1. The zero-order valence-corrected chi connectivity index (χ0v) is 15.3. The monoisotopic (exact) mass is 373 g/mol. The van der Waals surface area contributed by atoms with Crippen LogP contribution in [0.1, 0.15) is 27.6 Å². The summed E-state index contributed by atoms with van der Waals surface area (Å²) in [5, 5.41) is 0.685. The molecule has 1 saturated heterocycles. The standard InChI is InChI=1S/C20H20ClNO4/c1-13-10-17-18(26-9-8-25-17)11-16(13)20(23)22-6-7-24-19(12-22)14-2-4-15(21)5-3-14/h2-5,10-11,19H,6-9,12H2,1H3/t19-/m1/s1. The molecule has 2 aliphatic rings. The molecule has 0 aromatic heterocycles. The fraction of sp³-hybridized carbons (Fsp3) is 0.350. The highest BCUT2D eigenvalue weighted by Gasteiger charge is 2.28. The second-order valence-electron chi connectivity index (χ2n) is 6.47. The number of morpholine rings is 1. The van der Waals surface area contributed by atoms with E-state index in [2.05, 4.69) is 0 Å². The van der Waals surface area contributed by atoms with Gasteiger partial charge in [-0.2, -0.15) is 0 Å². The Balaban J connectivity index is 1.55. The van der Waals surface area contributed by atoms with Crippen molar-refractivity contribution in [2.75, 3.05) is 32.9 Å². The maximum atomic E-state index is 13.1. The fourth-order valence-electron chi connectivity index (χ4n) is 3.30. The van der Waals surface area contributed by atoms with E-state index < -0.39 is 0 Å². The minimum Gasteiger partial charge on any atom is -0.486 e. The lowest BCUT2D eigenvalue weighted by atomic mass is 10.0. The first-order valence-electron chi connectivity index (χ1n) is 8.68. The molecule has 1 atom stereocenters. The van der Waals surface area contributed by atoms with Crippen LogP contribution in [-0.2, 0) is 4.74 Å². The van der Waals surface area contributed by atoms with E-state index in [1.165, 1.54) is 0 Å². The van der Waals surface area contributed by atoms with Crippen molar-refractivity contribution in [1.29, 1.82) is 0 Å². The van der Waals surface area contributed by atoms with Crippen LogP contribution < -0.4 is 9.47 Å². The van der Waals surface area contributed by atoms with Crippen molar-refractivity contribution in [3.8, 4) is 11.5 Å². The smallest absolute Gasteiger partial charge is 0.254 e. The highest BCUT2D eigenvalue weighted by molar-refractivity contribution is 6.30. The number of rotatable bonds is 2. The van der Waals surface area contributed by atoms with Gasteiger partial charge < -0.3 is 19.1 Å². The van der Waals surface area contributed by atoms with Crippen molar-refractivity contribution < 1.29 is 19.0 Å². The maximum Gasteiger partial charge on any atom is 0.254 e. The van der Waals surface area contributed by atoms with E-state index in [9.17, 15) is 4.79 Å². The number of carbonyl (C=O) groups is 1. The highest BCUT2D eigenvalue weighted by atomic mass is 35.5. The lowest BCUT2D eigenvalue weighted by Crippen LogP contribution is -2.42. The van der Waals surface area contributed by atoms with Gasteiger partial charge in [0.2, 0.25) is 0 Å². The van der Waals surface area contributed by atoms with Gasteiger partial charge in [0.15, 0.2) is 11.5 Å². The van der Waals surface area contributed by atoms with E-state index in [0.717, 1.165) is 11.1 Å².